The molecule has 1 aliphatic heterocycles. The van der Waals surface area contributed by atoms with Crippen LogP contribution in [0.4, 0.5) is 13.2 Å². The highest BCUT2D eigenvalue weighted by Crippen LogP contribution is 2.21. The molecule has 0 atom stereocenters. The van der Waals surface area contributed by atoms with Crippen LogP contribution in [0, 0.1) is 0 Å². The minimum Gasteiger partial charge on any atom is -0.337 e. The third-order valence-electron chi connectivity index (χ3n) is 4.79. The van der Waals surface area contributed by atoms with E-state index < -0.39 is 12.7 Å². The van der Waals surface area contributed by atoms with E-state index in [-0.39, 0.29) is 42.5 Å². The molecule has 0 saturated carbocycles. The smallest absolute Gasteiger partial charge is 0.337 e. The van der Waals surface area contributed by atoms with Gasteiger partial charge in [-0.05, 0) is 36.8 Å². The molecular formula is C21H20ClF3N2O2. The summed E-state index contributed by atoms with van der Waals surface area (Å²) in [7, 11) is 0. The van der Waals surface area contributed by atoms with Gasteiger partial charge < -0.3 is 4.90 Å². The van der Waals surface area contributed by atoms with Crippen LogP contribution in [0.5, 0.6) is 0 Å². The Morgan fingerprint density at radius 2 is 1.55 bits per heavy atom. The fourth-order valence-corrected chi connectivity index (χ4v) is 3.51. The molecule has 1 aliphatic rings. The first kappa shape index (κ1) is 21.3. The number of rotatable bonds is 4. The van der Waals surface area contributed by atoms with E-state index in [0.717, 1.165) is 0 Å². The van der Waals surface area contributed by atoms with Crippen molar-refractivity contribution in [2.45, 2.75) is 12.6 Å². The van der Waals surface area contributed by atoms with Crippen molar-refractivity contribution in [3.8, 4) is 0 Å². The van der Waals surface area contributed by atoms with Gasteiger partial charge in [0.25, 0.3) is 5.91 Å². The topological polar surface area (TPSA) is 40.6 Å². The van der Waals surface area contributed by atoms with Crippen LogP contribution < -0.4 is 0 Å². The zero-order chi connectivity index (χ0) is 21.0. The molecule has 2 aromatic rings. The molecule has 0 radical (unpaired) electrons. The van der Waals surface area contributed by atoms with Crippen molar-refractivity contribution < 1.29 is 22.8 Å². The highest BCUT2D eigenvalue weighted by Gasteiger charge is 2.32. The van der Waals surface area contributed by atoms with Crippen molar-refractivity contribution in [3.05, 3.63) is 70.2 Å². The fourth-order valence-electron chi connectivity index (χ4n) is 3.38. The molecule has 4 nitrogen and oxygen atoms in total. The van der Waals surface area contributed by atoms with Crippen molar-refractivity contribution in [3.63, 3.8) is 0 Å². The van der Waals surface area contributed by atoms with Crippen LogP contribution in [0.2, 0.25) is 5.02 Å². The van der Waals surface area contributed by atoms with Crippen LogP contribution in [0.3, 0.4) is 0 Å². The van der Waals surface area contributed by atoms with Gasteiger partial charge >= 0.3 is 6.18 Å². The minimum atomic E-state index is -4.27. The normalized spacial score (nSPS) is 15.8. The second-order valence-corrected chi connectivity index (χ2v) is 7.36. The molecule has 3 rings (SSSR count). The number of hydrogen-bond acceptors (Lipinski definition) is 3. The average Bonchev–Trinajstić information content (AvgIpc) is 2.91. The molecule has 2 aromatic carbocycles. The van der Waals surface area contributed by atoms with Crippen molar-refractivity contribution in [1.82, 2.24) is 9.80 Å². The Morgan fingerprint density at radius 3 is 2.21 bits per heavy atom. The highest BCUT2D eigenvalue weighted by molar-refractivity contribution is 6.30. The van der Waals surface area contributed by atoms with E-state index in [0.29, 0.717) is 23.6 Å². The molecule has 0 spiro atoms. The van der Waals surface area contributed by atoms with Gasteiger partial charge in [0.15, 0.2) is 5.78 Å². The van der Waals surface area contributed by atoms with Gasteiger partial charge in [0.2, 0.25) is 0 Å². The predicted octanol–water partition coefficient (Wildman–Crippen LogP) is 4.28. The zero-order valence-corrected chi connectivity index (χ0v) is 16.3. The maximum Gasteiger partial charge on any atom is 0.401 e. The Bertz CT molecular complexity index is 884. The molecule has 0 aromatic heterocycles. The highest BCUT2D eigenvalue weighted by atomic mass is 35.5. The van der Waals surface area contributed by atoms with Crippen LogP contribution in [-0.4, -0.2) is 60.4 Å². The summed E-state index contributed by atoms with van der Waals surface area (Å²) in [4.78, 5) is 28.8. The van der Waals surface area contributed by atoms with Gasteiger partial charge in [0.05, 0.1) is 12.1 Å². The van der Waals surface area contributed by atoms with Gasteiger partial charge in [0.1, 0.15) is 0 Å². The summed E-state index contributed by atoms with van der Waals surface area (Å²) in [6, 6.07) is 12.9. The number of nitrogens with zero attached hydrogens (tertiary/aromatic N) is 2. The Balaban J connectivity index is 1.78. The third-order valence-corrected chi connectivity index (χ3v) is 5.04. The van der Waals surface area contributed by atoms with Gasteiger partial charge in [-0.2, -0.15) is 13.2 Å². The molecule has 1 fully saturated rings. The lowest BCUT2D eigenvalue weighted by molar-refractivity contribution is -0.145. The quantitative estimate of drug-likeness (QED) is 0.688. The number of benzene rings is 2. The van der Waals surface area contributed by atoms with E-state index in [1.54, 1.807) is 48.5 Å². The molecule has 0 aliphatic carbocycles. The summed E-state index contributed by atoms with van der Waals surface area (Å²) in [6.07, 6.45) is -3.83. The van der Waals surface area contributed by atoms with Crippen molar-refractivity contribution in [2.24, 2.45) is 0 Å². The molecular weight excluding hydrogens is 405 g/mol. The van der Waals surface area contributed by atoms with Crippen molar-refractivity contribution in [2.75, 3.05) is 32.7 Å². The van der Waals surface area contributed by atoms with E-state index in [2.05, 4.69) is 0 Å². The number of alkyl halides is 3. The first-order valence-electron chi connectivity index (χ1n) is 9.22. The van der Waals surface area contributed by atoms with Gasteiger partial charge in [0, 0.05) is 42.3 Å². The molecule has 0 bridgehead atoms. The minimum absolute atomic E-state index is 0.137. The van der Waals surface area contributed by atoms with Crippen LogP contribution in [-0.2, 0) is 0 Å². The van der Waals surface area contributed by atoms with Gasteiger partial charge in [-0.15, -0.1) is 0 Å². The molecule has 1 saturated heterocycles. The number of amides is 1. The number of ketones is 1. The maximum atomic E-state index is 13.1. The molecule has 8 heteroatoms. The van der Waals surface area contributed by atoms with Crippen LogP contribution >= 0.6 is 11.6 Å². The van der Waals surface area contributed by atoms with E-state index in [1.165, 1.54) is 9.80 Å². The summed E-state index contributed by atoms with van der Waals surface area (Å²) >= 11 is 5.87. The molecule has 154 valence electrons. The summed E-state index contributed by atoms with van der Waals surface area (Å²) in [6.45, 7) is -0.0527. The standard InChI is InChI=1S/C21H20ClF3N2O2/c22-16-8-6-15(7-9-16)19(28)17-4-1-2-5-18(17)20(29)27-11-3-10-26(12-13-27)14-21(23,24)25/h1-2,4-9H,3,10-14H2. The average molecular weight is 425 g/mol. The summed E-state index contributed by atoms with van der Waals surface area (Å²) in [5.74, 6) is -0.657. The first-order valence-corrected chi connectivity index (χ1v) is 9.60. The number of carbonyl (C=O) groups excluding carboxylic acids is 2. The lowest BCUT2D eigenvalue weighted by Gasteiger charge is -2.23. The zero-order valence-electron chi connectivity index (χ0n) is 15.6. The largest absolute Gasteiger partial charge is 0.401 e. The molecule has 1 amide bonds. The number of halogens is 4. The van der Waals surface area contributed by atoms with Crippen molar-refractivity contribution >= 4 is 23.3 Å². The van der Waals surface area contributed by atoms with E-state index in [1.807, 2.05) is 0 Å². The van der Waals surface area contributed by atoms with Gasteiger partial charge in [-0.25, -0.2) is 0 Å². The predicted molar refractivity (Wildman–Crippen MR) is 104 cm³/mol. The summed E-state index contributed by atoms with van der Waals surface area (Å²) in [5.41, 5.74) is 0.912. The second kappa shape index (κ2) is 8.97. The van der Waals surface area contributed by atoms with Crippen LogP contribution in [0.15, 0.2) is 48.5 Å². The first-order chi connectivity index (χ1) is 13.7. The summed E-state index contributed by atoms with van der Waals surface area (Å²) < 4.78 is 38.0. The monoisotopic (exact) mass is 424 g/mol. The lowest BCUT2D eigenvalue weighted by Crippen LogP contribution is -2.38. The Kier molecular flexibility index (Phi) is 6.59. The lowest BCUT2D eigenvalue weighted by atomic mass is 9.97. The molecule has 1 heterocycles. The van der Waals surface area contributed by atoms with Crippen molar-refractivity contribution in [1.29, 1.82) is 0 Å². The second-order valence-electron chi connectivity index (χ2n) is 6.92. The van der Waals surface area contributed by atoms with E-state index in [9.17, 15) is 22.8 Å². The Labute approximate surface area is 171 Å². The molecule has 29 heavy (non-hydrogen) atoms. The number of hydrogen-bond donors (Lipinski definition) is 0. The van der Waals surface area contributed by atoms with Crippen LogP contribution in [0.1, 0.15) is 32.7 Å². The van der Waals surface area contributed by atoms with Crippen LogP contribution in [0.25, 0.3) is 0 Å². The van der Waals surface area contributed by atoms with Gasteiger partial charge in [-0.3, -0.25) is 14.5 Å². The SMILES string of the molecule is O=C(c1ccc(Cl)cc1)c1ccccc1C(=O)N1CCCN(CC(F)(F)F)CC1. The van der Waals surface area contributed by atoms with Gasteiger partial charge in [-0.1, -0.05) is 29.8 Å². The number of carbonyl (C=O) groups is 2. The fraction of sp³-hybridized carbons (Fsp3) is 0.333. The Hall–Kier alpha value is -2.38. The third kappa shape index (κ3) is 5.58. The maximum absolute atomic E-state index is 13.1. The van der Waals surface area contributed by atoms with E-state index >= 15 is 0 Å². The van der Waals surface area contributed by atoms with E-state index in [4.69, 9.17) is 11.6 Å². The molecule has 0 unspecified atom stereocenters. The Morgan fingerprint density at radius 1 is 0.897 bits per heavy atom. The molecule has 0 N–H and O–H groups in total. The summed E-state index contributed by atoms with van der Waals surface area (Å²) in [5, 5.41) is 0.499.